The fourth-order valence-electron chi connectivity index (χ4n) is 2.57. The van der Waals surface area contributed by atoms with Crippen molar-refractivity contribution in [2.75, 3.05) is 25.5 Å². The monoisotopic (exact) mass is 274 g/mol. The molecule has 1 aliphatic heterocycles. The molecule has 1 aliphatic rings. The number of fused-ring (bicyclic) bond motifs is 1. The lowest BCUT2D eigenvalue weighted by Crippen LogP contribution is -2.48. The molecule has 1 fully saturated rings. The van der Waals surface area contributed by atoms with Gasteiger partial charge in [0.05, 0.1) is 19.3 Å². The normalized spacial score (nSPS) is 19.4. The minimum atomic E-state index is -0.0741. The number of nitrogen functional groups attached to an aromatic ring is 1. The molecular weight excluding hydrogens is 256 g/mol. The SMILES string of the molecule is CCC1COCCN1C(=O)c1cc2cc(N)ccc2o1. The van der Waals surface area contributed by atoms with Crippen molar-refractivity contribution in [2.24, 2.45) is 0 Å². The van der Waals surface area contributed by atoms with Crippen molar-refractivity contribution in [2.45, 2.75) is 19.4 Å². The van der Waals surface area contributed by atoms with E-state index in [4.69, 9.17) is 14.9 Å². The van der Waals surface area contributed by atoms with E-state index in [0.29, 0.717) is 36.8 Å². The van der Waals surface area contributed by atoms with E-state index in [9.17, 15) is 4.79 Å². The number of ether oxygens (including phenoxy) is 1. The van der Waals surface area contributed by atoms with Gasteiger partial charge in [-0.3, -0.25) is 4.79 Å². The minimum Gasteiger partial charge on any atom is -0.451 e. The Bertz CT molecular complexity index is 635. The summed E-state index contributed by atoms with van der Waals surface area (Å²) in [5, 5.41) is 0.856. The summed E-state index contributed by atoms with van der Waals surface area (Å²) in [5.74, 6) is 0.292. The van der Waals surface area contributed by atoms with Crippen LogP contribution < -0.4 is 5.73 Å². The van der Waals surface area contributed by atoms with Gasteiger partial charge >= 0.3 is 0 Å². The molecule has 1 amide bonds. The smallest absolute Gasteiger partial charge is 0.290 e. The van der Waals surface area contributed by atoms with Crippen LogP contribution in [0.1, 0.15) is 23.9 Å². The van der Waals surface area contributed by atoms with Crippen LogP contribution in [-0.2, 0) is 4.74 Å². The highest BCUT2D eigenvalue weighted by Crippen LogP contribution is 2.24. The lowest BCUT2D eigenvalue weighted by atomic mass is 10.1. The number of nitrogens with zero attached hydrogens (tertiary/aromatic N) is 1. The fourth-order valence-corrected chi connectivity index (χ4v) is 2.57. The number of rotatable bonds is 2. The molecule has 0 aliphatic carbocycles. The average Bonchev–Trinajstić information content (AvgIpc) is 2.89. The van der Waals surface area contributed by atoms with E-state index < -0.39 is 0 Å². The van der Waals surface area contributed by atoms with Gasteiger partial charge in [-0.15, -0.1) is 0 Å². The van der Waals surface area contributed by atoms with Crippen molar-refractivity contribution < 1.29 is 13.9 Å². The van der Waals surface area contributed by atoms with Crippen molar-refractivity contribution in [3.63, 3.8) is 0 Å². The highest BCUT2D eigenvalue weighted by Gasteiger charge is 2.28. The summed E-state index contributed by atoms with van der Waals surface area (Å²) < 4.78 is 11.1. The van der Waals surface area contributed by atoms with Gasteiger partial charge in [0.1, 0.15) is 5.58 Å². The van der Waals surface area contributed by atoms with Gasteiger partial charge in [0.15, 0.2) is 5.76 Å². The van der Waals surface area contributed by atoms with E-state index in [2.05, 4.69) is 6.92 Å². The molecule has 1 atom stereocenters. The third kappa shape index (κ3) is 2.25. The Hall–Kier alpha value is -2.01. The first-order valence-corrected chi connectivity index (χ1v) is 6.87. The lowest BCUT2D eigenvalue weighted by Gasteiger charge is -2.34. The zero-order valence-corrected chi connectivity index (χ0v) is 11.5. The van der Waals surface area contributed by atoms with Gasteiger partial charge in [-0.25, -0.2) is 0 Å². The summed E-state index contributed by atoms with van der Waals surface area (Å²) in [6, 6.07) is 7.25. The van der Waals surface area contributed by atoms with Crippen molar-refractivity contribution >= 4 is 22.6 Å². The van der Waals surface area contributed by atoms with Gasteiger partial charge in [-0.1, -0.05) is 6.92 Å². The summed E-state index contributed by atoms with van der Waals surface area (Å²) in [4.78, 5) is 14.4. The molecule has 1 saturated heterocycles. The van der Waals surface area contributed by atoms with E-state index >= 15 is 0 Å². The maximum Gasteiger partial charge on any atom is 0.290 e. The van der Waals surface area contributed by atoms with Crippen LogP contribution in [0.3, 0.4) is 0 Å². The predicted molar refractivity (Wildman–Crippen MR) is 76.6 cm³/mol. The number of anilines is 1. The summed E-state index contributed by atoms with van der Waals surface area (Å²) in [7, 11) is 0. The van der Waals surface area contributed by atoms with Gasteiger partial charge in [0.25, 0.3) is 5.91 Å². The Labute approximate surface area is 117 Å². The standard InChI is InChI=1S/C15H18N2O3/c1-2-12-9-19-6-5-17(12)15(18)14-8-10-7-11(16)3-4-13(10)20-14/h3-4,7-8,12H,2,5-6,9,16H2,1H3. The molecular formula is C15H18N2O3. The Kier molecular flexibility index (Phi) is 3.36. The minimum absolute atomic E-state index is 0.0741. The molecule has 0 bridgehead atoms. The Morgan fingerprint density at radius 1 is 1.45 bits per heavy atom. The summed E-state index contributed by atoms with van der Waals surface area (Å²) in [6.45, 7) is 3.83. The topological polar surface area (TPSA) is 68.7 Å². The Morgan fingerprint density at radius 3 is 3.10 bits per heavy atom. The van der Waals surface area contributed by atoms with Crippen LogP contribution in [0.2, 0.25) is 0 Å². The van der Waals surface area contributed by atoms with Crippen LogP contribution in [-0.4, -0.2) is 36.6 Å². The first-order chi connectivity index (χ1) is 9.69. The molecule has 0 radical (unpaired) electrons. The molecule has 2 N–H and O–H groups in total. The molecule has 106 valence electrons. The van der Waals surface area contributed by atoms with Gasteiger partial charge in [0.2, 0.25) is 0 Å². The predicted octanol–water partition coefficient (Wildman–Crippen LogP) is 2.27. The first kappa shape index (κ1) is 13.0. The summed E-state index contributed by atoms with van der Waals surface area (Å²) in [6.07, 6.45) is 0.874. The second-order valence-corrected chi connectivity index (χ2v) is 5.04. The van der Waals surface area contributed by atoms with Gasteiger partial charge in [-0.05, 0) is 30.7 Å². The fraction of sp³-hybridized carbons (Fsp3) is 0.400. The lowest BCUT2D eigenvalue weighted by molar-refractivity contribution is -0.00423. The van der Waals surface area contributed by atoms with E-state index in [0.717, 1.165) is 11.8 Å². The molecule has 20 heavy (non-hydrogen) atoms. The number of benzene rings is 1. The molecule has 1 aromatic heterocycles. The van der Waals surface area contributed by atoms with Crippen molar-refractivity contribution in [1.82, 2.24) is 4.90 Å². The largest absolute Gasteiger partial charge is 0.451 e. The van der Waals surface area contributed by atoms with Crippen molar-refractivity contribution in [3.05, 3.63) is 30.0 Å². The highest BCUT2D eigenvalue weighted by molar-refractivity contribution is 5.96. The number of amides is 1. The number of morpholine rings is 1. The first-order valence-electron chi connectivity index (χ1n) is 6.87. The molecule has 1 aromatic carbocycles. The van der Waals surface area contributed by atoms with Crippen LogP contribution in [0.5, 0.6) is 0 Å². The van der Waals surface area contributed by atoms with Gasteiger partial charge in [-0.2, -0.15) is 0 Å². The zero-order chi connectivity index (χ0) is 14.1. The maximum atomic E-state index is 12.6. The van der Waals surface area contributed by atoms with Gasteiger partial charge in [0, 0.05) is 17.6 Å². The zero-order valence-electron chi connectivity index (χ0n) is 11.5. The molecule has 1 unspecified atom stereocenters. The number of hydrogen-bond acceptors (Lipinski definition) is 4. The second kappa shape index (κ2) is 5.17. The number of nitrogens with two attached hydrogens (primary N) is 1. The molecule has 5 nitrogen and oxygen atoms in total. The van der Waals surface area contributed by atoms with Crippen LogP contribution in [0.15, 0.2) is 28.7 Å². The third-order valence-electron chi connectivity index (χ3n) is 3.71. The van der Waals surface area contributed by atoms with Gasteiger partial charge < -0.3 is 19.8 Å². The van der Waals surface area contributed by atoms with Crippen molar-refractivity contribution in [1.29, 1.82) is 0 Å². The van der Waals surface area contributed by atoms with E-state index in [1.165, 1.54) is 0 Å². The number of hydrogen-bond donors (Lipinski definition) is 1. The summed E-state index contributed by atoms with van der Waals surface area (Å²) in [5.41, 5.74) is 7.09. The van der Waals surface area contributed by atoms with Crippen LogP contribution in [0.25, 0.3) is 11.0 Å². The highest BCUT2D eigenvalue weighted by atomic mass is 16.5. The van der Waals surface area contributed by atoms with E-state index in [-0.39, 0.29) is 11.9 Å². The second-order valence-electron chi connectivity index (χ2n) is 5.04. The molecule has 2 aromatic rings. The average molecular weight is 274 g/mol. The van der Waals surface area contributed by atoms with Crippen molar-refractivity contribution in [3.8, 4) is 0 Å². The van der Waals surface area contributed by atoms with Crippen LogP contribution in [0, 0.1) is 0 Å². The molecule has 3 rings (SSSR count). The quantitative estimate of drug-likeness (QED) is 0.853. The van der Waals surface area contributed by atoms with Crippen LogP contribution >= 0.6 is 0 Å². The van der Waals surface area contributed by atoms with Crippen LogP contribution in [0.4, 0.5) is 5.69 Å². The Morgan fingerprint density at radius 2 is 2.30 bits per heavy atom. The van der Waals surface area contributed by atoms with E-state index in [1.807, 2.05) is 11.0 Å². The molecule has 2 heterocycles. The van der Waals surface area contributed by atoms with E-state index in [1.54, 1.807) is 18.2 Å². The number of carbonyl (C=O) groups is 1. The Balaban J connectivity index is 1.91. The molecule has 0 saturated carbocycles. The number of carbonyl (C=O) groups excluding carboxylic acids is 1. The molecule has 0 spiro atoms. The molecule has 5 heteroatoms. The number of furan rings is 1. The maximum absolute atomic E-state index is 12.6. The summed E-state index contributed by atoms with van der Waals surface area (Å²) >= 11 is 0. The third-order valence-corrected chi connectivity index (χ3v) is 3.71.